The summed E-state index contributed by atoms with van der Waals surface area (Å²) in [5, 5.41) is 10.2. The molecule has 0 radical (unpaired) electrons. The lowest BCUT2D eigenvalue weighted by Crippen LogP contribution is -2.38. The van der Waals surface area contributed by atoms with Gasteiger partial charge in [0.2, 0.25) is 0 Å². The summed E-state index contributed by atoms with van der Waals surface area (Å²) in [5.41, 5.74) is 3.95. The van der Waals surface area contributed by atoms with E-state index in [0.717, 1.165) is 51.8 Å². The Morgan fingerprint density at radius 3 is 2.36 bits per heavy atom. The molecule has 28 heavy (non-hydrogen) atoms. The fourth-order valence-corrected chi connectivity index (χ4v) is 4.57. The van der Waals surface area contributed by atoms with E-state index in [0.29, 0.717) is 6.54 Å². The highest BCUT2D eigenvalue weighted by Gasteiger charge is 2.27. The van der Waals surface area contributed by atoms with Crippen LogP contribution in [-0.2, 0) is 4.79 Å². The van der Waals surface area contributed by atoms with Gasteiger partial charge in [-0.1, -0.05) is 36.4 Å². The first-order valence-corrected chi connectivity index (χ1v) is 10.1. The Morgan fingerprint density at radius 2 is 1.71 bits per heavy atom. The van der Waals surface area contributed by atoms with Crippen LogP contribution < -0.4 is 4.90 Å². The van der Waals surface area contributed by atoms with Crippen molar-refractivity contribution in [3.63, 3.8) is 0 Å². The largest absolute Gasteiger partial charge is 0.481 e. The highest BCUT2D eigenvalue weighted by Crippen LogP contribution is 2.35. The second-order valence-corrected chi connectivity index (χ2v) is 8.29. The molecule has 4 rings (SSSR count). The van der Waals surface area contributed by atoms with Crippen molar-refractivity contribution in [3.05, 3.63) is 59.2 Å². The third-order valence-corrected chi connectivity index (χ3v) is 6.19. The summed E-state index contributed by atoms with van der Waals surface area (Å²) >= 11 is 1.61. The number of thiazole rings is 1. The van der Waals surface area contributed by atoms with E-state index in [-0.39, 0.29) is 11.7 Å². The Bertz CT molecular complexity index is 983. The highest BCUT2D eigenvalue weighted by atomic mass is 32.1. The highest BCUT2D eigenvalue weighted by molar-refractivity contribution is 7.16. The molecule has 1 aliphatic rings. The van der Waals surface area contributed by atoms with Gasteiger partial charge in [-0.15, -0.1) is 11.3 Å². The number of hydrogen-bond acceptors (Lipinski definition) is 4. The van der Waals surface area contributed by atoms with Crippen molar-refractivity contribution in [2.24, 2.45) is 5.92 Å². The summed E-state index contributed by atoms with van der Waals surface area (Å²) in [6, 6.07) is 14.6. The van der Waals surface area contributed by atoms with E-state index in [4.69, 9.17) is 4.98 Å². The maximum atomic E-state index is 13.1. The minimum Gasteiger partial charge on any atom is -0.481 e. The standard InChI is InChI=1S/C22H21FN2O2S/c1-14-20(24-22(28-14)25-12-2-3-18(13-25)21(26)27)17-6-4-15(5-7-17)16-8-10-19(23)11-9-16/h4-11,18H,2-3,12-13H2,1H3,(H,26,27). The molecule has 1 aromatic heterocycles. The summed E-state index contributed by atoms with van der Waals surface area (Å²) in [6.45, 7) is 3.41. The predicted molar refractivity (Wildman–Crippen MR) is 110 cm³/mol. The average molecular weight is 396 g/mol. The van der Waals surface area contributed by atoms with E-state index in [1.54, 1.807) is 23.5 Å². The quantitative estimate of drug-likeness (QED) is 0.656. The second-order valence-electron chi connectivity index (χ2n) is 7.11. The van der Waals surface area contributed by atoms with Gasteiger partial charge in [0.05, 0.1) is 11.6 Å². The van der Waals surface area contributed by atoms with Crippen LogP contribution in [0.15, 0.2) is 48.5 Å². The monoisotopic (exact) mass is 396 g/mol. The van der Waals surface area contributed by atoms with Crippen LogP contribution in [0.5, 0.6) is 0 Å². The van der Waals surface area contributed by atoms with Crippen LogP contribution in [0.2, 0.25) is 0 Å². The van der Waals surface area contributed by atoms with Gasteiger partial charge in [0, 0.05) is 23.5 Å². The number of carboxylic acid groups (broad SMARTS) is 1. The smallest absolute Gasteiger partial charge is 0.308 e. The predicted octanol–water partition coefficient (Wildman–Crippen LogP) is 5.23. The number of benzene rings is 2. The molecular formula is C22H21FN2O2S. The summed E-state index contributed by atoms with van der Waals surface area (Å²) in [7, 11) is 0. The maximum Gasteiger partial charge on any atom is 0.308 e. The minimum atomic E-state index is -0.727. The Labute approximate surface area is 167 Å². The van der Waals surface area contributed by atoms with Crippen LogP contribution in [0.4, 0.5) is 9.52 Å². The molecule has 6 heteroatoms. The third-order valence-electron chi connectivity index (χ3n) is 5.16. The molecule has 0 saturated carbocycles. The first-order chi connectivity index (χ1) is 13.5. The van der Waals surface area contributed by atoms with E-state index in [9.17, 15) is 14.3 Å². The number of carboxylic acids is 1. The maximum absolute atomic E-state index is 13.1. The fourth-order valence-electron chi connectivity index (χ4n) is 3.60. The van der Waals surface area contributed by atoms with Gasteiger partial charge in [-0.2, -0.15) is 0 Å². The average Bonchev–Trinajstić information content (AvgIpc) is 3.10. The lowest BCUT2D eigenvalue weighted by atomic mass is 9.99. The number of hydrogen-bond donors (Lipinski definition) is 1. The lowest BCUT2D eigenvalue weighted by molar-refractivity contribution is -0.141. The van der Waals surface area contributed by atoms with Crippen molar-refractivity contribution < 1.29 is 14.3 Å². The van der Waals surface area contributed by atoms with E-state index in [2.05, 4.69) is 4.90 Å². The topological polar surface area (TPSA) is 53.4 Å². The van der Waals surface area contributed by atoms with Gasteiger partial charge < -0.3 is 10.0 Å². The van der Waals surface area contributed by atoms with Crippen LogP contribution in [0.1, 0.15) is 17.7 Å². The van der Waals surface area contributed by atoms with Gasteiger partial charge in [-0.25, -0.2) is 9.37 Å². The molecule has 2 heterocycles. The third kappa shape index (κ3) is 3.78. The number of aromatic nitrogens is 1. The first kappa shape index (κ1) is 18.6. The zero-order valence-electron chi connectivity index (χ0n) is 15.6. The van der Waals surface area contributed by atoms with E-state index >= 15 is 0 Å². The minimum absolute atomic E-state index is 0.242. The molecule has 144 valence electrons. The molecule has 0 amide bonds. The molecule has 3 aromatic rings. The van der Waals surface area contributed by atoms with Crippen LogP contribution in [0.3, 0.4) is 0 Å². The van der Waals surface area contributed by atoms with Crippen molar-refractivity contribution in [2.75, 3.05) is 18.0 Å². The molecule has 1 saturated heterocycles. The number of aliphatic carboxylic acids is 1. The van der Waals surface area contributed by atoms with E-state index < -0.39 is 5.97 Å². The fraction of sp³-hybridized carbons (Fsp3) is 0.273. The Hall–Kier alpha value is -2.73. The first-order valence-electron chi connectivity index (χ1n) is 9.33. The van der Waals surface area contributed by atoms with Crippen molar-refractivity contribution in [1.29, 1.82) is 0 Å². The number of rotatable bonds is 4. The van der Waals surface area contributed by atoms with E-state index in [1.165, 1.54) is 12.1 Å². The van der Waals surface area contributed by atoms with Crippen molar-refractivity contribution in [2.45, 2.75) is 19.8 Å². The van der Waals surface area contributed by atoms with Gasteiger partial charge in [-0.3, -0.25) is 4.79 Å². The van der Waals surface area contributed by atoms with Crippen LogP contribution in [-0.4, -0.2) is 29.1 Å². The molecule has 2 aromatic carbocycles. The molecule has 1 N–H and O–H groups in total. The van der Waals surface area contributed by atoms with Crippen molar-refractivity contribution in [3.8, 4) is 22.4 Å². The molecule has 1 aliphatic heterocycles. The van der Waals surface area contributed by atoms with Gasteiger partial charge in [0.25, 0.3) is 0 Å². The molecule has 1 atom stereocenters. The van der Waals surface area contributed by atoms with Crippen molar-refractivity contribution in [1.82, 2.24) is 4.98 Å². The van der Waals surface area contributed by atoms with Crippen LogP contribution in [0.25, 0.3) is 22.4 Å². The molecular weight excluding hydrogens is 375 g/mol. The molecule has 0 aliphatic carbocycles. The number of nitrogens with zero attached hydrogens (tertiary/aromatic N) is 2. The SMILES string of the molecule is Cc1sc(N2CCCC(C(=O)O)C2)nc1-c1ccc(-c2ccc(F)cc2)cc1. The molecule has 4 nitrogen and oxygen atoms in total. The molecule has 1 unspecified atom stereocenters. The number of halogens is 1. The molecule has 0 spiro atoms. The van der Waals surface area contributed by atoms with Gasteiger partial charge in [0.1, 0.15) is 5.82 Å². The molecule has 0 bridgehead atoms. The van der Waals surface area contributed by atoms with Crippen LogP contribution in [0, 0.1) is 18.7 Å². The number of aryl methyl sites for hydroxylation is 1. The van der Waals surface area contributed by atoms with Crippen LogP contribution >= 0.6 is 11.3 Å². The van der Waals surface area contributed by atoms with Gasteiger partial charge in [0.15, 0.2) is 5.13 Å². The van der Waals surface area contributed by atoms with Gasteiger partial charge >= 0.3 is 5.97 Å². The number of carbonyl (C=O) groups is 1. The zero-order chi connectivity index (χ0) is 19.7. The normalized spacial score (nSPS) is 16.9. The second kappa shape index (κ2) is 7.72. The number of anilines is 1. The van der Waals surface area contributed by atoms with Gasteiger partial charge in [-0.05, 0) is 43.0 Å². The lowest BCUT2D eigenvalue weighted by Gasteiger charge is -2.30. The van der Waals surface area contributed by atoms with E-state index in [1.807, 2.05) is 31.2 Å². The summed E-state index contributed by atoms with van der Waals surface area (Å²) in [5.74, 6) is -1.29. The summed E-state index contributed by atoms with van der Waals surface area (Å²) in [4.78, 5) is 19.3. The Balaban J connectivity index is 1.56. The van der Waals surface area contributed by atoms with Crippen molar-refractivity contribution >= 4 is 22.4 Å². The Morgan fingerprint density at radius 1 is 1.11 bits per heavy atom. The number of piperidine rings is 1. The summed E-state index contributed by atoms with van der Waals surface area (Å²) < 4.78 is 13.1. The molecule has 1 fully saturated rings. The Kier molecular flexibility index (Phi) is 5.13. The zero-order valence-corrected chi connectivity index (χ0v) is 16.4. The summed E-state index contributed by atoms with van der Waals surface area (Å²) in [6.07, 6.45) is 1.60.